The largest absolute Gasteiger partial charge is 0.393 e. The summed E-state index contributed by atoms with van der Waals surface area (Å²) in [7, 11) is 0. The first-order valence-electron chi connectivity index (χ1n) is 16.4. The summed E-state index contributed by atoms with van der Waals surface area (Å²) in [5, 5.41) is 29.2. The zero-order chi connectivity index (χ0) is 28.9. The molecule has 0 aromatic heterocycles. The van der Waals surface area contributed by atoms with Crippen molar-refractivity contribution < 1.29 is 19.8 Å². The van der Waals surface area contributed by atoms with Gasteiger partial charge in [0.1, 0.15) is 0 Å². The Morgan fingerprint density at radius 3 is 2.30 bits per heavy atom. The van der Waals surface area contributed by atoms with Gasteiger partial charge in [-0.05, 0) is 77.0 Å². The number of nitrogens with one attached hydrogen (secondary N) is 2. The minimum Gasteiger partial charge on any atom is -0.393 e. The fourth-order valence-corrected chi connectivity index (χ4v) is 9.17. The molecule has 0 aromatic rings. The number of likely N-dealkylation sites (tertiary alicyclic amines) is 1. The first kappa shape index (κ1) is 32.1. The van der Waals surface area contributed by atoms with Gasteiger partial charge in [0.25, 0.3) is 0 Å². The van der Waals surface area contributed by atoms with Gasteiger partial charge in [0.15, 0.2) is 0 Å². The SMILES string of the molecule is CC1C(O)CCCC1C(=O)NC(CSC1CCCCC1)C(O)CN1CC2CCCCC2CC1C(=O)NC(C)(C)C. The van der Waals surface area contributed by atoms with E-state index in [-0.39, 0.29) is 41.3 Å². The number of aliphatic hydroxyl groups is 2. The molecule has 8 unspecified atom stereocenters. The number of β-amino-alcohol motifs (C(OH)–C–C–N with tert-alkyl or cyclic N) is 1. The summed E-state index contributed by atoms with van der Waals surface area (Å²) in [4.78, 5) is 29.2. The van der Waals surface area contributed by atoms with E-state index < -0.39 is 12.2 Å². The Bertz CT molecular complexity index is 829. The van der Waals surface area contributed by atoms with Crippen LogP contribution in [-0.2, 0) is 9.59 Å². The number of rotatable bonds is 9. The van der Waals surface area contributed by atoms with Crippen molar-refractivity contribution in [1.82, 2.24) is 15.5 Å². The van der Waals surface area contributed by atoms with E-state index in [1.165, 1.54) is 57.8 Å². The van der Waals surface area contributed by atoms with Crippen molar-refractivity contribution in [2.75, 3.05) is 18.8 Å². The highest BCUT2D eigenvalue weighted by Gasteiger charge is 2.42. The Kier molecular flexibility index (Phi) is 11.7. The van der Waals surface area contributed by atoms with Gasteiger partial charge in [-0.25, -0.2) is 0 Å². The van der Waals surface area contributed by atoms with E-state index in [1.54, 1.807) is 0 Å². The number of nitrogens with zero attached hydrogens (tertiary/aromatic N) is 1. The van der Waals surface area contributed by atoms with Crippen LogP contribution in [0.25, 0.3) is 0 Å². The highest BCUT2D eigenvalue weighted by atomic mass is 32.2. The van der Waals surface area contributed by atoms with Crippen LogP contribution in [0.5, 0.6) is 0 Å². The summed E-state index contributed by atoms with van der Waals surface area (Å²) in [6.45, 7) is 9.27. The molecule has 230 valence electrons. The predicted molar refractivity (Wildman–Crippen MR) is 163 cm³/mol. The van der Waals surface area contributed by atoms with Gasteiger partial charge < -0.3 is 20.8 Å². The molecule has 4 rings (SSSR count). The van der Waals surface area contributed by atoms with Gasteiger partial charge in [-0.3, -0.25) is 14.5 Å². The summed E-state index contributed by atoms with van der Waals surface area (Å²) in [5.74, 6) is 1.57. The summed E-state index contributed by atoms with van der Waals surface area (Å²) < 4.78 is 0. The summed E-state index contributed by atoms with van der Waals surface area (Å²) in [6, 6.07) is -0.620. The van der Waals surface area contributed by atoms with Gasteiger partial charge in [-0.1, -0.05) is 51.9 Å². The van der Waals surface area contributed by atoms with Crippen molar-refractivity contribution in [3.8, 4) is 0 Å². The van der Waals surface area contributed by atoms with Crippen LogP contribution in [0.3, 0.4) is 0 Å². The fourth-order valence-electron chi connectivity index (χ4n) is 7.72. The maximum Gasteiger partial charge on any atom is 0.237 e. The molecule has 3 aliphatic carbocycles. The van der Waals surface area contributed by atoms with E-state index in [1.807, 2.05) is 39.5 Å². The smallest absolute Gasteiger partial charge is 0.237 e. The van der Waals surface area contributed by atoms with Crippen LogP contribution in [0.15, 0.2) is 0 Å². The number of amides is 2. The molecule has 4 N–H and O–H groups in total. The van der Waals surface area contributed by atoms with E-state index in [2.05, 4.69) is 15.5 Å². The lowest BCUT2D eigenvalue weighted by molar-refractivity contribution is -0.134. The van der Waals surface area contributed by atoms with E-state index in [0.29, 0.717) is 29.4 Å². The second-order valence-electron chi connectivity index (χ2n) is 14.5. The molecule has 0 spiro atoms. The number of carbonyl (C=O) groups is 2. The van der Waals surface area contributed by atoms with E-state index in [4.69, 9.17) is 0 Å². The Labute approximate surface area is 247 Å². The van der Waals surface area contributed by atoms with Gasteiger partial charge in [-0.15, -0.1) is 0 Å². The third kappa shape index (κ3) is 8.84. The minimum absolute atomic E-state index is 0.0347. The zero-order valence-electron chi connectivity index (χ0n) is 25.6. The lowest BCUT2D eigenvalue weighted by Gasteiger charge is -2.47. The molecule has 7 nitrogen and oxygen atoms in total. The van der Waals surface area contributed by atoms with E-state index in [0.717, 1.165) is 32.2 Å². The van der Waals surface area contributed by atoms with Gasteiger partial charge in [0.05, 0.1) is 24.3 Å². The van der Waals surface area contributed by atoms with Crippen molar-refractivity contribution in [3.05, 3.63) is 0 Å². The molecule has 8 heteroatoms. The molecule has 2 amide bonds. The highest BCUT2D eigenvalue weighted by molar-refractivity contribution is 7.99. The normalized spacial score (nSPS) is 34.0. The highest BCUT2D eigenvalue weighted by Crippen LogP contribution is 2.39. The first-order valence-corrected chi connectivity index (χ1v) is 17.4. The standard InChI is InChI=1S/C32H57N3O4S/c1-21-25(15-10-16-28(21)36)30(38)33-26(20-40-24-13-6-5-7-14-24)29(37)19-35-18-23-12-9-8-11-22(23)17-27(35)31(39)34-32(2,3)4/h21-29,36-37H,5-20H2,1-4H3,(H,33,38)(H,34,39). The molecule has 0 bridgehead atoms. The third-order valence-electron chi connectivity index (χ3n) is 10.2. The Morgan fingerprint density at radius 2 is 1.60 bits per heavy atom. The number of hydrogen-bond donors (Lipinski definition) is 4. The number of carbonyl (C=O) groups excluding carboxylic acids is 2. The third-order valence-corrected chi connectivity index (χ3v) is 11.7. The quantitative estimate of drug-likeness (QED) is 0.321. The molecular formula is C32H57N3O4S. The topological polar surface area (TPSA) is 102 Å². The van der Waals surface area contributed by atoms with E-state index >= 15 is 0 Å². The fraction of sp³-hybridized carbons (Fsp3) is 0.938. The predicted octanol–water partition coefficient (Wildman–Crippen LogP) is 4.49. The molecule has 4 fully saturated rings. The Hall–Kier alpha value is -0.830. The maximum absolute atomic E-state index is 13.5. The van der Waals surface area contributed by atoms with Crippen molar-refractivity contribution in [2.24, 2.45) is 23.7 Å². The Balaban J connectivity index is 1.47. The van der Waals surface area contributed by atoms with Crippen LogP contribution < -0.4 is 10.6 Å². The van der Waals surface area contributed by atoms with Crippen LogP contribution in [0.1, 0.15) is 111 Å². The molecule has 1 aliphatic heterocycles. The van der Waals surface area contributed by atoms with Crippen molar-refractivity contribution in [1.29, 1.82) is 0 Å². The average molecular weight is 580 g/mol. The second-order valence-corrected chi connectivity index (χ2v) is 15.8. The monoisotopic (exact) mass is 579 g/mol. The first-order chi connectivity index (χ1) is 19.0. The molecular weight excluding hydrogens is 522 g/mol. The summed E-state index contributed by atoms with van der Waals surface area (Å²) >= 11 is 1.90. The molecule has 1 saturated heterocycles. The van der Waals surface area contributed by atoms with E-state index in [9.17, 15) is 19.8 Å². The molecule has 3 saturated carbocycles. The van der Waals surface area contributed by atoms with Gasteiger partial charge in [0, 0.05) is 35.5 Å². The van der Waals surface area contributed by atoms with Gasteiger partial charge in [-0.2, -0.15) is 11.8 Å². The number of piperidine rings is 1. The lowest BCUT2D eigenvalue weighted by atomic mass is 9.72. The van der Waals surface area contributed by atoms with Crippen LogP contribution in [0.4, 0.5) is 0 Å². The molecule has 4 aliphatic rings. The molecule has 0 radical (unpaired) electrons. The summed E-state index contributed by atoms with van der Waals surface area (Å²) in [5.41, 5.74) is -0.306. The number of hydrogen-bond acceptors (Lipinski definition) is 6. The van der Waals surface area contributed by atoms with Crippen LogP contribution >= 0.6 is 11.8 Å². The Morgan fingerprint density at radius 1 is 0.925 bits per heavy atom. The maximum atomic E-state index is 13.5. The number of fused-ring (bicyclic) bond motifs is 1. The zero-order valence-corrected chi connectivity index (χ0v) is 26.4. The average Bonchev–Trinajstić information content (AvgIpc) is 2.91. The number of aliphatic hydroxyl groups excluding tert-OH is 2. The molecule has 0 aromatic carbocycles. The molecule has 8 atom stereocenters. The van der Waals surface area contributed by atoms with Crippen LogP contribution in [0.2, 0.25) is 0 Å². The van der Waals surface area contributed by atoms with Crippen molar-refractivity contribution >= 4 is 23.6 Å². The molecule has 40 heavy (non-hydrogen) atoms. The van der Waals surface area contributed by atoms with Gasteiger partial charge in [0.2, 0.25) is 11.8 Å². The van der Waals surface area contributed by atoms with Gasteiger partial charge >= 0.3 is 0 Å². The van der Waals surface area contributed by atoms with Crippen LogP contribution in [0, 0.1) is 23.7 Å². The van der Waals surface area contributed by atoms with Crippen molar-refractivity contribution in [2.45, 2.75) is 146 Å². The van der Waals surface area contributed by atoms with Crippen molar-refractivity contribution in [3.63, 3.8) is 0 Å². The summed E-state index contributed by atoms with van der Waals surface area (Å²) in [6.07, 6.45) is 13.2. The second kappa shape index (κ2) is 14.6. The number of thioether (sulfide) groups is 1. The molecule has 1 heterocycles. The minimum atomic E-state index is -0.756. The van der Waals surface area contributed by atoms with Crippen LogP contribution in [-0.4, -0.2) is 80.9 Å². The lowest BCUT2D eigenvalue weighted by Crippen LogP contribution is -2.60.